The Morgan fingerprint density at radius 2 is 1.68 bits per heavy atom. The standard InChI is InChI=1S/C9H11Cl2NO5S2/c1-5(2)17-19(15,16)6-3-7(10)9(11)8(4-6)18(12,13)14/h3-5H,1-2H3,(H2,12,13,14). The molecule has 19 heavy (non-hydrogen) atoms. The molecule has 0 amide bonds. The lowest BCUT2D eigenvalue weighted by molar-refractivity contribution is 0.249. The fraction of sp³-hybridized carbons (Fsp3) is 0.333. The largest absolute Gasteiger partial charge is 0.297 e. The quantitative estimate of drug-likeness (QED) is 0.835. The summed E-state index contributed by atoms with van der Waals surface area (Å²) >= 11 is 11.4. The molecule has 0 unspecified atom stereocenters. The van der Waals surface area contributed by atoms with E-state index in [9.17, 15) is 16.8 Å². The van der Waals surface area contributed by atoms with Crippen molar-refractivity contribution in [3.63, 3.8) is 0 Å². The predicted molar refractivity (Wildman–Crippen MR) is 71.2 cm³/mol. The van der Waals surface area contributed by atoms with Gasteiger partial charge in [0, 0.05) is 0 Å². The minimum atomic E-state index is -4.20. The van der Waals surface area contributed by atoms with E-state index < -0.39 is 36.0 Å². The Balaban J connectivity index is 3.54. The highest BCUT2D eigenvalue weighted by atomic mass is 35.5. The van der Waals surface area contributed by atoms with Crippen molar-refractivity contribution in [1.29, 1.82) is 0 Å². The lowest BCUT2D eigenvalue weighted by atomic mass is 10.3. The van der Waals surface area contributed by atoms with Crippen molar-refractivity contribution in [3.05, 3.63) is 22.2 Å². The smallest absolute Gasteiger partial charge is 0.264 e. The van der Waals surface area contributed by atoms with Gasteiger partial charge in [-0.3, -0.25) is 4.18 Å². The van der Waals surface area contributed by atoms with Gasteiger partial charge in [0.25, 0.3) is 10.1 Å². The molecule has 108 valence electrons. The van der Waals surface area contributed by atoms with E-state index in [4.69, 9.17) is 32.5 Å². The molecule has 6 nitrogen and oxygen atoms in total. The van der Waals surface area contributed by atoms with Gasteiger partial charge < -0.3 is 0 Å². The molecule has 0 aliphatic heterocycles. The molecule has 0 radical (unpaired) electrons. The van der Waals surface area contributed by atoms with Crippen LogP contribution in [0.4, 0.5) is 0 Å². The van der Waals surface area contributed by atoms with Crippen LogP contribution >= 0.6 is 23.2 Å². The molecule has 0 bridgehead atoms. The maximum absolute atomic E-state index is 11.8. The Hall–Kier alpha value is -0.380. The number of halogens is 2. The number of sulfonamides is 1. The van der Waals surface area contributed by atoms with E-state index >= 15 is 0 Å². The Bertz CT molecular complexity index is 698. The van der Waals surface area contributed by atoms with E-state index in [1.54, 1.807) is 0 Å². The lowest BCUT2D eigenvalue weighted by Crippen LogP contribution is -2.16. The van der Waals surface area contributed by atoms with Gasteiger partial charge in [-0.1, -0.05) is 23.2 Å². The Kier molecular flexibility index (Phi) is 4.87. The van der Waals surface area contributed by atoms with Crippen LogP contribution in [0.25, 0.3) is 0 Å². The summed E-state index contributed by atoms with van der Waals surface area (Å²) < 4.78 is 51.0. The third kappa shape index (κ3) is 4.04. The second kappa shape index (κ2) is 5.55. The first kappa shape index (κ1) is 16.7. The van der Waals surface area contributed by atoms with Gasteiger partial charge >= 0.3 is 0 Å². The summed E-state index contributed by atoms with van der Waals surface area (Å²) in [5.41, 5.74) is 0. The first-order valence-electron chi connectivity index (χ1n) is 4.90. The second-order valence-electron chi connectivity index (χ2n) is 3.86. The van der Waals surface area contributed by atoms with Crippen LogP contribution in [0.2, 0.25) is 10.0 Å². The maximum Gasteiger partial charge on any atom is 0.297 e. The van der Waals surface area contributed by atoms with Gasteiger partial charge in [-0.25, -0.2) is 13.6 Å². The van der Waals surface area contributed by atoms with Gasteiger partial charge in [0.05, 0.1) is 21.0 Å². The molecule has 0 spiro atoms. The third-order valence-corrected chi connectivity index (χ3v) is 5.18. The van der Waals surface area contributed by atoms with Crippen LogP contribution in [0.1, 0.15) is 13.8 Å². The summed E-state index contributed by atoms with van der Waals surface area (Å²) in [6.45, 7) is 3.02. The average Bonchev–Trinajstić information content (AvgIpc) is 2.17. The summed E-state index contributed by atoms with van der Waals surface area (Å²) in [6, 6.07) is 1.80. The fourth-order valence-corrected chi connectivity index (χ4v) is 3.84. The molecule has 0 atom stereocenters. The molecule has 10 heteroatoms. The van der Waals surface area contributed by atoms with Crippen LogP contribution < -0.4 is 5.14 Å². The summed E-state index contributed by atoms with van der Waals surface area (Å²) in [4.78, 5) is -1.01. The van der Waals surface area contributed by atoms with Gasteiger partial charge in [0.1, 0.15) is 4.90 Å². The Morgan fingerprint density at radius 3 is 2.11 bits per heavy atom. The van der Waals surface area contributed by atoms with Gasteiger partial charge in [-0.15, -0.1) is 0 Å². The summed E-state index contributed by atoms with van der Waals surface area (Å²) in [6.07, 6.45) is -0.614. The van der Waals surface area contributed by atoms with E-state index in [1.165, 1.54) is 13.8 Å². The number of rotatable bonds is 4. The first-order chi connectivity index (χ1) is 8.45. The highest BCUT2D eigenvalue weighted by Crippen LogP contribution is 2.32. The molecule has 0 aliphatic rings. The number of benzene rings is 1. The zero-order valence-corrected chi connectivity index (χ0v) is 13.1. The van der Waals surface area contributed by atoms with E-state index in [2.05, 4.69) is 0 Å². The molecule has 0 aliphatic carbocycles. The molecule has 0 aromatic heterocycles. The summed E-state index contributed by atoms with van der Waals surface area (Å²) in [5.74, 6) is 0. The highest BCUT2D eigenvalue weighted by molar-refractivity contribution is 7.89. The van der Waals surface area contributed by atoms with Crippen LogP contribution in [0.5, 0.6) is 0 Å². The van der Waals surface area contributed by atoms with E-state index in [0.717, 1.165) is 12.1 Å². The number of primary sulfonamides is 1. The van der Waals surface area contributed by atoms with Crippen LogP contribution in [0, 0.1) is 0 Å². The molecule has 0 heterocycles. The van der Waals surface area contributed by atoms with Crippen LogP contribution in [-0.4, -0.2) is 22.9 Å². The molecule has 1 aromatic carbocycles. The molecule has 2 N–H and O–H groups in total. The highest BCUT2D eigenvalue weighted by Gasteiger charge is 2.24. The second-order valence-corrected chi connectivity index (χ2v) is 7.75. The lowest BCUT2D eigenvalue weighted by Gasteiger charge is -2.11. The molecular weight excluding hydrogens is 337 g/mol. The van der Waals surface area contributed by atoms with Gasteiger partial charge in [-0.05, 0) is 26.0 Å². The number of hydrogen-bond acceptors (Lipinski definition) is 5. The Morgan fingerprint density at radius 1 is 1.16 bits per heavy atom. The zero-order valence-electron chi connectivity index (χ0n) is 9.92. The average molecular weight is 348 g/mol. The van der Waals surface area contributed by atoms with Crippen LogP contribution in [0.3, 0.4) is 0 Å². The zero-order chi connectivity index (χ0) is 15.0. The summed E-state index contributed by atoms with van der Waals surface area (Å²) in [5, 5.41) is 4.34. The first-order valence-corrected chi connectivity index (χ1v) is 8.61. The van der Waals surface area contributed by atoms with Crippen molar-refractivity contribution in [2.75, 3.05) is 0 Å². The van der Waals surface area contributed by atoms with E-state index in [1.807, 2.05) is 0 Å². The minimum absolute atomic E-state index is 0.251. The van der Waals surface area contributed by atoms with Crippen molar-refractivity contribution in [2.24, 2.45) is 5.14 Å². The molecule has 1 rings (SSSR count). The van der Waals surface area contributed by atoms with Crippen molar-refractivity contribution in [3.8, 4) is 0 Å². The van der Waals surface area contributed by atoms with Gasteiger partial charge in [0.15, 0.2) is 0 Å². The van der Waals surface area contributed by atoms with Crippen molar-refractivity contribution < 1.29 is 21.0 Å². The molecule has 0 saturated heterocycles. The summed E-state index contributed by atoms with van der Waals surface area (Å²) in [7, 11) is -8.35. The maximum atomic E-state index is 11.8. The molecule has 0 saturated carbocycles. The van der Waals surface area contributed by atoms with Crippen LogP contribution in [0.15, 0.2) is 21.9 Å². The van der Waals surface area contributed by atoms with Crippen molar-refractivity contribution in [2.45, 2.75) is 29.7 Å². The normalized spacial score (nSPS) is 12.9. The van der Waals surface area contributed by atoms with Crippen LogP contribution in [-0.2, 0) is 24.3 Å². The molecule has 1 aromatic rings. The van der Waals surface area contributed by atoms with E-state index in [0.29, 0.717) is 0 Å². The topological polar surface area (TPSA) is 104 Å². The van der Waals surface area contributed by atoms with Crippen molar-refractivity contribution in [1.82, 2.24) is 0 Å². The fourth-order valence-electron chi connectivity index (χ4n) is 1.20. The third-order valence-electron chi connectivity index (χ3n) is 1.88. The number of hydrogen-bond donors (Lipinski definition) is 1. The van der Waals surface area contributed by atoms with Gasteiger partial charge in [0.2, 0.25) is 10.0 Å². The molecule has 0 fully saturated rings. The number of nitrogens with two attached hydrogens (primary N) is 1. The SMILES string of the molecule is CC(C)OS(=O)(=O)c1cc(Cl)c(Cl)c(S(N)(=O)=O)c1. The monoisotopic (exact) mass is 347 g/mol. The predicted octanol–water partition coefficient (Wildman–Crippen LogP) is 1.75. The van der Waals surface area contributed by atoms with Crippen molar-refractivity contribution >= 4 is 43.3 Å². The Labute approximate surface area is 121 Å². The molecular formula is C9H11Cl2NO5S2. The minimum Gasteiger partial charge on any atom is -0.264 e. The van der Waals surface area contributed by atoms with Gasteiger partial charge in [-0.2, -0.15) is 8.42 Å². The van der Waals surface area contributed by atoms with E-state index in [-0.39, 0.29) is 10.0 Å².